The Morgan fingerprint density at radius 3 is 3.27 bits per heavy atom. The van der Waals surface area contributed by atoms with Crippen molar-refractivity contribution in [1.82, 2.24) is 9.38 Å². The molecule has 3 heterocycles. The fourth-order valence-corrected chi connectivity index (χ4v) is 2.03. The molecule has 0 radical (unpaired) electrons. The van der Waals surface area contributed by atoms with Crippen LogP contribution >= 0.6 is 0 Å². The first-order chi connectivity index (χ1) is 7.34. The normalized spacial score (nSPS) is 21.2. The molecular formula is C11H12N2O2. The third-order valence-electron chi connectivity index (χ3n) is 2.76. The molecule has 1 aliphatic rings. The molecule has 1 unspecified atom stereocenters. The lowest BCUT2D eigenvalue weighted by molar-refractivity contribution is 0.104. The molecule has 0 spiro atoms. The molecule has 1 aliphatic heterocycles. The monoisotopic (exact) mass is 204 g/mol. The summed E-state index contributed by atoms with van der Waals surface area (Å²) in [6.07, 6.45) is 5.82. The molecule has 0 saturated carbocycles. The van der Waals surface area contributed by atoms with Crippen molar-refractivity contribution in [2.75, 3.05) is 6.61 Å². The van der Waals surface area contributed by atoms with Gasteiger partial charge in [-0.3, -0.25) is 0 Å². The Labute approximate surface area is 87.1 Å². The van der Waals surface area contributed by atoms with Crippen molar-refractivity contribution < 1.29 is 9.84 Å². The minimum Gasteiger partial charge on any atom is -0.508 e. The van der Waals surface area contributed by atoms with Crippen LogP contribution in [0.1, 0.15) is 24.8 Å². The van der Waals surface area contributed by atoms with Crippen LogP contribution in [0.25, 0.3) is 5.52 Å². The van der Waals surface area contributed by atoms with E-state index in [1.807, 2.05) is 10.6 Å². The fraction of sp³-hybridized carbons (Fsp3) is 0.364. The third kappa shape index (κ3) is 1.37. The second kappa shape index (κ2) is 3.24. The second-order valence-corrected chi connectivity index (χ2v) is 3.80. The van der Waals surface area contributed by atoms with Gasteiger partial charge in [0.2, 0.25) is 0 Å². The molecule has 4 nitrogen and oxygen atoms in total. The summed E-state index contributed by atoms with van der Waals surface area (Å²) in [5, 5.41) is 9.33. The van der Waals surface area contributed by atoms with Gasteiger partial charge in [0.05, 0.1) is 11.7 Å². The van der Waals surface area contributed by atoms with Gasteiger partial charge < -0.3 is 14.2 Å². The number of imidazole rings is 1. The quantitative estimate of drug-likeness (QED) is 0.771. The largest absolute Gasteiger partial charge is 0.508 e. The lowest BCUT2D eigenvalue weighted by Crippen LogP contribution is -2.02. The Kier molecular flexibility index (Phi) is 1.89. The molecule has 0 aliphatic carbocycles. The lowest BCUT2D eigenvalue weighted by atomic mass is 10.2. The van der Waals surface area contributed by atoms with Crippen molar-refractivity contribution >= 4 is 5.52 Å². The fourth-order valence-electron chi connectivity index (χ4n) is 2.03. The zero-order valence-electron chi connectivity index (χ0n) is 8.26. The molecular weight excluding hydrogens is 192 g/mol. The molecule has 1 atom stereocenters. The van der Waals surface area contributed by atoms with Crippen LogP contribution in [0, 0.1) is 0 Å². The average Bonchev–Trinajstić information content (AvgIpc) is 2.82. The van der Waals surface area contributed by atoms with E-state index in [2.05, 4.69) is 4.98 Å². The smallest absolute Gasteiger partial charge is 0.142 e. The van der Waals surface area contributed by atoms with Gasteiger partial charge in [-0.2, -0.15) is 0 Å². The minimum atomic E-state index is 0.108. The highest BCUT2D eigenvalue weighted by Gasteiger charge is 2.21. The van der Waals surface area contributed by atoms with Gasteiger partial charge in [-0.1, -0.05) is 0 Å². The van der Waals surface area contributed by atoms with Gasteiger partial charge in [0, 0.05) is 18.9 Å². The van der Waals surface area contributed by atoms with Crippen LogP contribution in [0.3, 0.4) is 0 Å². The third-order valence-corrected chi connectivity index (χ3v) is 2.76. The Morgan fingerprint density at radius 2 is 2.47 bits per heavy atom. The van der Waals surface area contributed by atoms with Crippen LogP contribution in [-0.4, -0.2) is 21.1 Å². The first kappa shape index (κ1) is 8.73. The number of hydrogen-bond acceptors (Lipinski definition) is 3. The summed E-state index contributed by atoms with van der Waals surface area (Å²) in [5.41, 5.74) is 0.903. The van der Waals surface area contributed by atoms with Crippen molar-refractivity contribution in [3.8, 4) is 5.75 Å². The standard InChI is InChI=1S/C11H12N2O2/c14-9-3-4-13-8(6-9)7-12-11(13)10-2-1-5-15-10/h3-4,6-7,10,14H,1-2,5H2. The van der Waals surface area contributed by atoms with Crippen molar-refractivity contribution in [2.45, 2.75) is 18.9 Å². The Hall–Kier alpha value is -1.55. The van der Waals surface area contributed by atoms with E-state index in [0.29, 0.717) is 0 Å². The molecule has 3 rings (SSSR count). The van der Waals surface area contributed by atoms with Crippen molar-refractivity contribution in [1.29, 1.82) is 0 Å². The van der Waals surface area contributed by atoms with E-state index in [1.54, 1.807) is 18.3 Å². The van der Waals surface area contributed by atoms with Crippen molar-refractivity contribution in [2.24, 2.45) is 0 Å². The zero-order valence-corrected chi connectivity index (χ0v) is 8.26. The predicted octanol–water partition coefficient (Wildman–Crippen LogP) is 1.89. The Balaban J connectivity index is 2.11. The summed E-state index contributed by atoms with van der Waals surface area (Å²) in [5.74, 6) is 1.20. The number of rotatable bonds is 1. The minimum absolute atomic E-state index is 0.108. The highest BCUT2D eigenvalue weighted by Crippen LogP contribution is 2.28. The molecule has 4 heteroatoms. The molecule has 0 bridgehead atoms. The molecule has 78 valence electrons. The van der Waals surface area contributed by atoms with Crippen LogP contribution in [0.5, 0.6) is 5.75 Å². The number of aromatic nitrogens is 2. The number of ether oxygens (including phenoxy) is 1. The van der Waals surface area contributed by atoms with E-state index >= 15 is 0 Å². The summed E-state index contributed by atoms with van der Waals surface area (Å²) in [6, 6.07) is 3.36. The highest BCUT2D eigenvalue weighted by atomic mass is 16.5. The topological polar surface area (TPSA) is 46.8 Å². The van der Waals surface area contributed by atoms with Gasteiger partial charge in [-0.25, -0.2) is 4.98 Å². The molecule has 15 heavy (non-hydrogen) atoms. The molecule has 2 aromatic rings. The predicted molar refractivity (Wildman–Crippen MR) is 54.8 cm³/mol. The highest BCUT2D eigenvalue weighted by molar-refractivity contribution is 5.50. The molecule has 1 N–H and O–H groups in total. The summed E-state index contributed by atoms with van der Waals surface area (Å²) in [4.78, 5) is 4.35. The van der Waals surface area contributed by atoms with Crippen LogP contribution in [0.2, 0.25) is 0 Å². The van der Waals surface area contributed by atoms with Gasteiger partial charge in [0.15, 0.2) is 0 Å². The summed E-state index contributed by atoms with van der Waals surface area (Å²) in [7, 11) is 0. The average molecular weight is 204 g/mol. The summed E-state index contributed by atoms with van der Waals surface area (Å²) >= 11 is 0. The first-order valence-corrected chi connectivity index (χ1v) is 5.12. The van der Waals surface area contributed by atoms with Gasteiger partial charge in [0.1, 0.15) is 17.7 Å². The molecule has 1 saturated heterocycles. The number of pyridine rings is 1. The van der Waals surface area contributed by atoms with Crippen LogP contribution in [0.4, 0.5) is 0 Å². The van der Waals surface area contributed by atoms with Gasteiger partial charge in [-0.05, 0) is 18.9 Å². The molecule has 2 aromatic heterocycles. The maximum atomic E-state index is 9.33. The second-order valence-electron chi connectivity index (χ2n) is 3.80. The summed E-state index contributed by atoms with van der Waals surface area (Å²) in [6.45, 7) is 0.817. The maximum Gasteiger partial charge on any atom is 0.142 e. The Morgan fingerprint density at radius 1 is 1.53 bits per heavy atom. The van der Waals surface area contributed by atoms with E-state index in [0.717, 1.165) is 30.8 Å². The Bertz CT molecular complexity index is 486. The van der Waals surface area contributed by atoms with Crippen LogP contribution in [0.15, 0.2) is 24.5 Å². The van der Waals surface area contributed by atoms with Gasteiger partial charge in [0.25, 0.3) is 0 Å². The maximum absolute atomic E-state index is 9.33. The molecule has 0 amide bonds. The zero-order chi connectivity index (χ0) is 10.3. The molecule has 0 aromatic carbocycles. The van der Waals surface area contributed by atoms with Crippen molar-refractivity contribution in [3.05, 3.63) is 30.4 Å². The van der Waals surface area contributed by atoms with Crippen molar-refractivity contribution in [3.63, 3.8) is 0 Å². The number of aromatic hydroxyl groups is 1. The summed E-state index contributed by atoms with van der Waals surface area (Å²) < 4.78 is 7.56. The lowest BCUT2D eigenvalue weighted by Gasteiger charge is -2.07. The van der Waals surface area contributed by atoms with E-state index in [1.165, 1.54) is 0 Å². The van der Waals surface area contributed by atoms with Crippen LogP contribution in [-0.2, 0) is 4.74 Å². The number of nitrogens with zero attached hydrogens (tertiary/aromatic N) is 2. The van der Waals surface area contributed by atoms with E-state index in [-0.39, 0.29) is 11.9 Å². The van der Waals surface area contributed by atoms with E-state index < -0.39 is 0 Å². The number of hydrogen-bond donors (Lipinski definition) is 1. The van der Waals surface area contributed by atoms with Gasteiger partial charge in [-0.15, -0.1) is 0 Å². The SMILES string of the molecule is Oc1ccn2c(C3CCCO3)ncc2c1. The van der Waals surface area contributed by atoms with Gasteiger partial charge >= 0.3 is 0 Å². The van der Waals surface area contributed by atoms with E-state index in [9.17, 15) is 5.11 Å². The van der Waals surface area contributed by atoms with E-state index in [4.69, 9.17) is 4.74 Å². The number of fused-ring (bicyclic) bond motifs is 1. The first-order valence-electron chi connectivity index (χ1n) is 5.12. The van der Waals surface area contributed by atoms with Crippen LogP contribution < -0.4 is 0 Å². The molecule has 1 fully saturated rings.